The summed E-state index contributed by atoms with van der Waals surface area (Å²) in [5.74, 6) is -8.18. The van der Waals surface area contributed by atoms with Crippen LogP contribution >= 0.6 is 0 Å². The highest BCUT2D eigenvalue weighted by Crippen LogP contribution is 2.89. The molecule has 5 saturated carbocycles. The Labute approximate surface area is 137 Å². The number of carboxylic acid groups (broad SMARTS) is 2. The standard InChI is InChI=1S/C16H18O8/c1-23-13(21)15-5-3-4-6-7(5)8(9(15)11(17)18)10(12(19)20)16(6,15)14(22)24-2/h5-10H,3-4H2,1-2H3,(H,17,18)(H,19,20)/t5-,6+,7?,8?,9-,10-,15-,16+/m0/s1. The zero-order valence-corrected chi connectivity index (χ0v) is 13.2. The van der Waals surface area contributed by atoms with Crippen LogP contribution in [0.4, 0.5) is 0 Å². The van der Waals surface area contributed by atoms with Gasteiger partial charge in [0, 0.05) is 0 Å². The van der Waals surface area contributed by atoms with E-state index in [1.807, 2.05) is 0 Å². The molecule has 0 aliphatic heterocycles. The van der Waals surface area contributed by atoms with Crippen molar-refractivity contribution in [3.05, 3.63) is 0 Å². The van der Waals surface area contributed by atoms with Gasteiger partial charge < -0.3 is 19.7 Å². The summed E-state index contributed by atoms with van der Waals surface area (Å²) in [6.07, 6.45) is 1.21. The molecular formula is C16H18O8. The van der Waals surface area contributed by atoms with E-state index in [0.717, 1.165) is 14.2 Å². The Morgan fingerprint density at radius 3 is 1.46 bits per heavy atom. The number of methoxy groups -OCH3 is 2. The molecule has 0 saturated heterocycles. The molecule has 5 aliphatic rings. The van der Waals surface area contributed by atoms with Crippen molar-refractivity contribution in [2.24, 2.45) is 46.3 Å². The molecule has 2 unspecified atom stereocenters. The lowest BCUT2D eigenvalue weighted by Gasteiger charge is -2.47. The maximum Gasteiger partial charge on any atom is 0.314 e. The molecule has 5 aliphatic carbocycles. The van der Waals surface area contributed by atoms with Gasteiger partial charge in [0.2, 0.25) is 0 Å². The van der Waals surface area contributed by atoms with E-state index in [1.165, 1.54) is 0 Å². The van der Waals surface area contributed by atoms with Gasteiger partial charge in [-0.1, -0.05) is 0 Å². The highest BCUT2D eigenvalue weighted by atomic mass is 16.5. The Hall–Kier alpha value is -2.12. The third kappa shape index (κ3) is 1.11. The molecule has 0 aromatic heterocycles. The summed E-state index contributed by atoms with van der Waals surface area (Å²) >= 11 is 0. The molecule has 8 heteroatoms. The van der Waals surface area contributed by atoms with Crippen molar-refractivity contribution in [1.29, 1.82) is 0 Å². The Morgan fingerprint density at radius 2 is 1.17 bits per heavy atom. The molecule has 24 heavy (non-hydrogen) atoms. The minimum Gasteiger partial charge on any atom is -0.481 e. The van der Waals surface area contributed by atoms with Crippen molar-refractivity contribution >= 4 is 23.9 Å². The van der Waals surface area contributed by atoms with E-state index in [-0.39, 0.29) is 17.8 Å². The van der Waals surface area contributed by atoms with Crippen LogP contribution in [0.25, 0.3) is 0 Å². The molecule has 0 aromatic carbocycles. The molecule has 0 radical (unpaired) electrons. The quantitative estimate of drug-likeness (QED) is 0.686. The van der Waals surface area contributed by atoms with Crippen LogP contribution in [-0.4, -0.2) is 48.3 Å². The summed E-state index contributed by atoms with van der Waals surface area (Å²) in [6, 6.07) is 0. The molecule has 8 nitrogen and oxygen atoms in total. The van der Waals surface area contributed by atoms with Crippen LogP contribution in [0.1, 0.15) is 12.8 Å². The van der Waals surface area contributed by atoms with Gasteiger partial charge in [-0.25, -0.2) is 0 Å². The second-order valence-corrected chi connectivity index (χ2v) is 7.30. The Morgan fingerprint density at radius 1 is 0.792 bits per heavy atom. The fraction of sp³-hybridized carbons (Fsp3) is 0.750. The Balaban J connectivity index is 2.06. The maximum atomic E-state index is 12.8. The zero-order valence-electron chi connectivity index (χ0n) is 13.2. The molecule has 0 spiro atoms. The fourth-order valence-electron chi connectivity index (χ4n) is 7.41. The third-order valence-electron chi connectivity index (χ3n) is 7.35. The molecule has 130 valence electrons. The summed E-state index contributed by atoms with van der Waals surface area (Å²) < 4.78 is 9.86. The van der Waals surface area contributed by atoms with Gasteiger partial charge in [0.1, 0.15) is 10.8 Å². The Bertz CT molecular complexity index is 630. The molecule has 0 aromatic rings. The molecule has 0 heterocycles. The predicted octanol–water partition coefficient (Wildman–Crippen LogP) is 0.00620. The van der Waals surface area contributed by atoms with Crippen LogP contribution in [0.3, 0.4) is 0 Å². The number of rotatable bonds is 4. The molecule has 5 rings (SSSR count). The second-order valence-electron chi connectivity index (χ2n) is 7.30. The second kappa shape index (κ2) is 4.29. The lowest BCUT2D eigenvalue weighted by molar-refractivity contribution is -0.194. The lowest BCUT2D eigenvalue weighted by atomic mass is 9.53. The molecule has 5 fully saturated rings. The van der Waals surface area contributed by atoms with Crippen LogP contribution in [0, 0.1) is 46.3 Å². The number of aliphatic carboxylic acids is 2. The molecule has 2 N–H and O–H groups in total. The topological polar surface area (TPSA) is 127 Å². The van der Waals surface area contributed by atoms with Gasteiger partial charge >= 0.3 is 23.9 Å². The first kappa shape index (κ1) is 15.4. The number of carboxylic acids is 2. The minimum atomic E-state index is -1.64. The first-order chi connectivity index (χ1) is 11.3. The normalized spacial score (nSPS) is 49.4. The van der Waals surface area contributed by atoms with E-state index in [1.54, 1.807) is 0 Å². The third-order valence-corrected chi connectivity index (χ3v) is 7.35. The molecule has 8 atom stereocenters. The van der Waals surface area contributed by atoms with Gasteiger partial charge in [-0.15, -0.1) is 0 Å². The maximum absolute atomic E-state index is 12.8. The largest absolute Gasteiger partial charge is 0.481 e. The van der Waals surface area contributed by atoms with Crippen LogP contribution in [-0.2, 0) is 28.7 Å². The van der Waals surface area contributed by atoms with Gasteiger partial charge in [0.15, 0.2) is 0 Å². The SMILES string of the molecule is COC(=O)[C@@]12[C@@H]3CC[C@H]4C3C([C@H]1C(=O)O)[C@@H](C(=O)O)[C@]42C(=O)OC. The summed E-state index contributed by atoms with van der Waals surface area (Å²) in [6.45, 7) is 0. The minimum absolute atomic E-state index is 0.259. The zero-order chi connectivity index (χ0) is 17.6. The highest BCUT2D eigenvalue weighted by Gasteiger charge is 2.97. The van der Waals surface area contributed by atoms with Gasteiger partial charge in [-0.2, -0.15) is 0 Å². The van der Waals surface area contributed by atoms with Gasteiger partial charge in [-0.3, -0.25) is 19.2 Å². The van der Waals surface area contributed by atoms with E-state index in [0.29, 0.717) is 12.8 Å². The van der Waals surface area contributed by atoms with E-state index < -0.39 is 52.5 Å². The van der Waals surface area contributed by atoms with Crippen molar-refractivity contribution in [1.82, 2.24) is 0 Å². The number of hydrogen-bond donors (Lipinski definition) is 2. The number of hydrogen-bond acceptors (Lipinski definition) is 6. The number of esters is 2. The first-order valence-corrected chi connectivity index (χ1v) is 7.95. The summed E-state index contributed by atoms with van der Waals surface area (Å²) in [5, 5.41) is 19.6. The van der Waals surface area contributed by atoms with Gasteiger partial charge in [-0.05, 0) is 36.5 Å². The van der Waals surface area contributed by atoms with Crippen LogP contribution in [0.15, 0.2) is 0 Å². The highest BCUT2D eigenvalue weighted by molar-refractivity contribution is 6.01. The lowest BCUT2D eigenvalue weighted by Crippen LogP contribution is -2.60. The average molecular weight is 338 g/mol. The monoisotopic (exact) mass is 338 g/mol. The van der Waals surface area contributed by atoms with Crippen LogP contribution in [0.2, 0.25) is 0 Å². The first-order valence-electron chi connectivity index (χ1n) is 7.95. The summed E-state index contributed by atoms with van der Waals surface area (Å²) in [4.78, 5) is 49.7. The number of carbonyl (C=O) groups is 4. The van der Waals surface area contributed by atoms with Crippen molar-refractivity contribution in [3.8, 4) is 0 Å². The van der Waals surface area contributed by atoms with E-state index in [9.17, 15) is 29.4 Å². The summed E-state index contributed by atoms with van der Waals surface area (Å²) in [5.41, 5.74) is -3.27. The summed E-state index contributed by atoms with van der Waals surface area (Å²) in [7, 11) is 2.29. The van der Waals surface area contributed by atoms with Gasteiger partial charge in [0.05, 0.1) is 26.1 Å². The van der Waals surface area contributed by atoms with Crippen molar-refractivity contribution < 1.29 is 38.9 Å². The van der Waals surface area contributed by atoms with Crippen molar-refractivity contribution in [2.45, 2.75) is 12.8 Å². The van der Waals surface area contributed by atoms with E-state index >= 15 is 0 Å². The number of carbonyl (C=O) groups excluding carboxylic acids is 2. The molecule has 0 amide bonds. The van der Waals surface area contributed by atoms with Crippen LogP contribution in [0.5, 0.6) is 0 Å². The number of ether oxygens (including phenoxy) is 2. The predicted molar refractivity (Wildman–Crippen MR) is 74.3 cm³/mol. The average Bonchev–Trinajstić information content (AvgIpc) is 3.26. The van der Waals surface area contributed by atoms with Crippen LogP contribution < -0.4 is 0 Å². The van der Waals surface area contributed by atoms with Crippen molar-refractivity contribution in [3.63, 3.8) is 0 Å². The van der Waals surface area contributed by atoms with E-state index in [4.69, 9.17) is 9.47 Å². The fourth-order valence-corrected chi connectivity index (χ4v) is 7.41. The molecular weight excluding hydrogens is 320 g/mol. The van der Waals surface area contributed by atoms with Gasteiger partial charge in [0.25, 0.3) is 0 Å². The molecule has 6 bridgehead atoms. The van der Waals surface area contributed by atoms with E-state index in [2.05, 4.69) is 0 Å². The van der Waals surface area contributed by atoms with Crippen molar-refractivity contribution in [2.75, 3.05) is 14.2 Å². The smallest absolute Gasteiger partial charge is 0.314 e. The Kier molecular flexibility index (Phi) is 2.75.